The highest BCUT2D eigenvalue weighted by atomic mass is 35.5. The summed E-state index contributed by atoms with van der Waals surface area (Å²) in [5.74, 6) is 0.755. The number of hydrogen-bond acceptors (Lipinski definition) is 5. The third-order valence-electron chi connectivity index (χ3n) is 5.42. The minimum Gasteiger partial charge on any atom is -0.494 e. The first kappa shape index (κ1) is 22.6. The number of halogens is 1. The van der Waals surface area contributed by atoms with Crippen LogP contribution in [0.1, 0.15) is 43.2 Å². The third kappa shape index (κ3) is 6.46. The molecule has 30 heavy (non-hydrogen) atoms. The maximum absolute atomic E-state index is 9.95. The van der Waals surface area contributed by atoms with E-state index in [1.165, 1.54) is 12.8 Å². The number of oxime groups is 1. The van der Waals surface area contributed by atoms with E-state index in [9.17, 15) is 5.21 Å². The molecule has 2 aromatic rings. The minimum atomic E-state index is -0.0818. The highest BCUT2D eigenvalue weighted by Crippen LogP contribution is 2.26. The van der Waals surface area contributed by atoms with Gasteiger partial charge in [-0.25, -0.2) is 0 Å². The predicted octanol–water partition coefficient (Wildman–Crippen LogP) is 5.20. The van der Waals surface area contributed by atoms with Crippen LogP contribution >= 0.6 is 11.6 Å². The summed E-state index contributed by atoms with van der Waals surface area (Å²) in [7, 11) is 0. The number of ether oxygens (including phenoxy) is 2. The Hall–Kier alpha value is -2.08. The average molecular weight is 431 g/mol. The minimum absolute atomic E-state index is 0.0818. The van der Waals surface area contributed by atoms with Crippen molar-refractivity contribution in [1.82, 2.24) is 4.90 Å². The van der Waals surface area contributed by atoms with E-state index in [0.29, 0.717) is 10.7 Å². The molecular weight excluding hydrogens is 400 g/mol. The molecular formula is C24H31ClN2O3. The topological polar surface area (TPSA) is 54.3 Å². The molecule has 0 aromatic heterocycles. The van der Waals surface area contributed by atoms with Gasteiger partial charge >= 0.3 is 0 Å². The first-order chi connectivity index (χ1) is 14.7. The van der Waals surface area contributed by atoms with Gasteiger partial charge in [-0.15, -0.1) is 0 Å². The van der Waals surface area contributed by atoms with Gasteiger partial charge in [0.05, 0.1) is 25.5 Å². The summed E-state index contributed by atoms with van der Waals surface area (Å²) in [5, 5.41) is 14.4. The van der Waals surface area contributed by atoms with Crippen LogP contribution in [0.2, 0.25) is 5.02 Å². The van der Waals surface area contributed by atoms with E-state index >= 15 is 0 Å². The number of unbranched alkanes of at least 4 members (excludes halogenated alkanes) is 2. The maximum atomic E-state index is 9.95. The lowest BCUT2D eigenvalue weighted by atomic mass is 9.89. The molecule has 3 rings (SSSR count). The molecule has 6 heteroatoms. The zero-order chi connectivity index (χ0) is 21.2. The van der Waals surface area contributed by atoms with E-state index in [-0.39, 0.29) is 5.92 Å². The molecule has 0 aliphatic carbocycles. The van der Waals surface area contributed by atoms with Gasteiger partial charge in [-0.1, -0.05) is 48.7 Å². The lowest BCUT2D eigenvalue weighted by Crippen LogP contribution is -2.40. The fourth-order valence-electron chi connectivity index (χ4n) is 3.68. The summed E-state index contributed by atoms with van der Waals surface area (Å²) in [6.45, 7) is 6.84. The Morgan fingerprint density at radius 1 is 1.10 bits per heavy atom. The van der Waals surface area contributed by atoms with Crippen LogP contribution in [0.5, 0.6) is 5.75 Å². The van der Waals surface area contributed by atoms with Crippen molar-refractivity contribution in [3.8, 4) is 5.75 Å². The summed E-state index contributed by atoms with van der Waals surface area (Å²) in [5.41, 5.74) is 2.59. The van der Waals surface area contributed by atoms with E-state index < -0.39 is 0 Å². The molecule has 5 nitrogen and oxygen atoms in total. The number of rotatable bonds is 10. The SMILES string of the molecule is CCCCCOc1ccc(C(=NO)C(CN2CCOCC2)c2ccc(Cl)cc2)cc1. The van der Waals surface area contributed by atoms with Crippen molar-refractivity contribution in [3.05, 3.63) is 64.7 Å². The van der Waals surface area contributed by atoms with Crippen molar-refractivity contribution in [2.75, 3.05) is 39.5 Å². The summed E-state index contributed by atoms with van der Waals surface area (Å²) < 4.78 is 11.3. The normalized spacial score (nSPS) is 16.4. The van der Waals surface area contributed by atoms with Crippen LogP contribution < -0.4 is 4.74 Å². The molecule has 2 aromatic carbocycles. The van der Waals surface area contributed by atoms with Crippen LogP contribution in [0.4, 0.5) is 0 Å². The third-order valence-corrected chi connectivity index (χ3v) is 5.67. The maximum Gasteiger partial charge on any atom is 0.119 e. The van der Waals surface area contributed by atoms with Gasteiger partial charge in [0, 0.05) is 36.1 Å². The Labute approximate surface area is 184 Å². The molecule has 0 amide bonds. The second-order valence-corrected chi connectivity index (χ2v) is 8.02. The fraction of sp³-hybridized carbons (Fsp3) is 0.458. The van der Waals surface area contributed by atoms with E-state index in [1.807, 2.05) is 48.5 Å². The molecule has 0 bridgehead atoms. The summed E-state index contributed by atoms with van der Waals surface area (Å²) in [6, 6.07) is 15.6. The summed E-state index contributed by atoms with van der Waals surface area (Å²) >= 11 is 6.10. The Kier molecular flexibility index (Phi) is 9.00. The molecule has 1 aliphatic heterocycles. The molecule has 1 fully saturated rings. The number of hydrogen-bond donors (Lipinski definition) is 1. The van der Waals surface area contributed by atoms with E-state index in [0.717, 1.165) is 62.8 Å². The highest BCUT2D eigenvalue weighted by Gasteiger charge is 2.25. The first-order valence-corrected chi connectivity index (χ1v) is 11.1. The van der Waals surface area contributed by atoms with Crippen LogP contribution in [0.15, 0.2) is 53.7 Å². The highest BCUT2D eigenvalue weighted by molar-refractivity contribution is 6.30. The van der Waals surface area contributed by atoms with Crippen LogP contribution in [-0.2, 0) is 4.74 Å². The van der Waals surface area contributed by atoms with Gasteiger partial charge < -0.3 is 14.7 Å². The van der Waals surface area contributed by atoms with Crippen LogP contribution in [0.3, 0.4) is 0 Å². The Bertz CT molecular complexity index is 787. The van der Waals surface area contributed by atoms with E-state index in [4.69, 9.17) is 21.1 Å². The number of nitrogens with zero attached hydrogens (tertiary/aromatic N) is 2. The molecule has 1 unspecified atom stereocenters. The Morgan fingerprint density at radius 2 is 1.80 bits per heavy atom. The zero-order valence-electron chi connectivity index (χ0n) is 17.6. The fourth-order valence-corrected chi connectivity index (χ4v) is 3.81. The summed E-state index contributed by atoms with van der Waals surface area (Å²) in [6.07, 6.45) is 3.40. The van der Waals surface area contributed by atoms with Gasteiger partial charge in [0.2, 0.25) is 0 Å². The second kappa shape index (κ2) is 11.9. The van der Waals surface area contributed by atoms with Gasteiger partial charge in [0.15, 0.2) is 0 Å². The van der Waals surface area contributed by atoms with Gasteiger partial charge in [0.1, 0.15) is 5.75 Å². The second-order valence-electron chi connectivity index (χ2n) is 7.58. The Balaban J connectivity index is 1.78. The monoisotopic (exact) mass is 430 g/mol. The van der Waals surface area contributed by atoms with Crippen molar-refractivity contribution >= 4 is 17.3 Å². The lowest BCUT2D eigenvalue weighted by Gasteiger charge is -2.31. The molecule has 0 saturated carbocycles. The first-order valence-electron chi connectivity index (χ1n) is 10.7. The zero-order valence-corrected chi connectivity index (χ0v) is 18.4. The van der Waals surface area contributed by atoms with Crippen molar-refractivity contribution in [1.29, 1.82) is 0 Å². The van der Waals surface area contributed by atoms with Gasteiger partial charge in [0.25, 0.3) is 0 Å². The van der Waals surface area contributed by atoms with Crippen LogP contribution in [0, 0.1) is 0 Å². The number of morpholine rings is 1. The van der Waals surface area contributed by atoms with E-state index in [2.05, 4.69) is 17.0 Å². The van der Waals surface area contributed by atoms with Crippen molar-refractivity contribution in [2.45, 2.75) is 32.1 Å². The molecule has 1 N–H and O–H groups in total. The number of benzene rings is 2. The van der Waals surface area contributed by atoms with Gasteiger partial charge in [-0.05, 0) is 48.4 Å². The van der Waals surface area contributed by atoms with Gasteiger partial charge in [-0.2, -0.15) is 0 Å². The average Bonchev–Trinajstić information content (AvgIpc) is 2.79. The van der Waals surface area contributed by atoms with E-state index in [1.54, 1.807) is 0 Å². The smallest absolute Gasteiger partial charge is 0.119 e. The molecule has 162 valence electrons. The van der Waals surface area contributed by atoms with Crippen molar-refractivity contribution in [2.24, 2.45) is 5.16 Å². The molecule has 1 heterocycles. The van der Waals surface area contributed by atoms with Crippen molar-refractivity contribution < 1.29 is 14.7 Å². The summed E-state index contributed by atoms with van der Waals surface area (Å²) in [4.78, 5) is 2.35. The Morgan fingerprint density at radius 3 is 2.43 bits per heavy atom. The van der Waals surface area contributed by atoms with Crippen molar-refractivity contribution in [3.63, 3.8) is 0 Å². The predicted molar refractivity (Wildman–Crippen MR) is 121 cm³/mol. The van der Waals surface area contributed by atoms with Crippen LogP contribution in [0.25, 0.3) is 0 Å². The molecule has 1 atom stereocenters. The van der Waals surface area contributed by atoms with Crippen LogP contribution in [-0.4, -0.2) is 55.3 Å². The largest absolute Gasteiger partial charge is 0.494 e. The molecule has 1 saturated heterocycles. The molecule has 1 aliphatic rings. The molecule has 0 radical (unpaired) electrons. The van der Waals surface area contributed by atoms with Gasteiger partial charge in [-0.3, -0.25) is 4.90 Å². The standard InChI is InChI=1S/C24H31ClN2O3/c1-2-3-4-15-30-22-11-7-20(8-12-22)24(26-28)23(18-27-13-16-29-17-14-27)19-5-9-21(25)10-6-19/h5-12,23,28H,2-4,13-18H2,1H3. The lowest BCUT2D eigenvalue weighted by molar-refractivity contribution is 0.0373. The molecule has 0 spiro atoms. The quantitative estimate of drug-likeness (QED) is 0.243.